The minimum Gasteiger partial charge on any atom is -0.504 e. The number of phenolic OH excluding ortho intramolecular Hbond substituents is 1. The number of anilines is 1. The molecule has 0 bridgehead atoms. The molecule has 0 aliphatic carbocycles. The van der Waals surface area contributed by atoms with E-state index < -0.39 is 17.6 Å². The number of fused-ring (bicyclic) bond motifs is 1. The monoisotopic (exact) mass is 455 g/mol. The van der Waals surface area contributed by atoms with E-state index in [1.165, 1.54) is 25.5 Å². The van der Waals surface area contributed by atoms with Gasteiger partial charge in [-0.1, -0.05) is 12.1 Å². The van der Waals surface area contributed by atoms with Crippen molar-refractivity contribution < 1.29 is 27.8 Å². The molecule has 2 N–H and O–H groups in total. The highest BCUT2D eigenvalue weighted by Crippen LogP contribution is 2.34. The van der Waals surface area contributed by atoms with Crippen LogP contribution < -0.4 is 15.1 Å². The minimum atomic E-state index is -4.40. The largest absolute Gasteiger partial charge is 0.504 e. The Morgan fingerprint density at radius 2 is 1.88 bits per heavy atom. The maximum absolute atomic E-state index is 13.0. The summed E-state index contributed by atoms with van der Waals surface area (Å²) in [6, 6.07) is 15.0. The molecule has 0 fully saturated rings. The molecular formula is C24H20F3N3O3. The maximum atomic E-state index is 13.0. The number of hydrazone groups is 1. The van der Waals surface area contributed by atoms with Gasteiger partial charge >= 0.3 is 6.18 Å². The molecule has 0 saturated heterocycles. The molecule has 0 aromatic heterocycles. The normalized spacial score (nSPS) is 13.3. The topological polar surface area (TPSA) is 74.2 Å². The van der Waals surface area contributed by atoms with Gasteiger partial charge in [-0.25, -0.2) is 5.43 Å². The number of amides is 1. The molecule has 1 aliphatic heterocycles. The standard InChI is InChI=1S/C24H20F3N3O3/c1-33-22-9-15(5-8-21(22)31)12-28-29-23(32)16-6-7-17-13-30(14-18(17)10-16)20-4-2-3-19(11-20)24(25,26)27/h2-12,31H,13-14H2,1H3,(H,29,32)/b28-12+. The van der Waals surface area contributed by atoms with Gasteiger partial charge in [-0.2, -0.15) is 18.3 Å². The number of ether oxygens (including phenoxy) is 1. The van der Waals surface area contributed by atoms with Crippen molar-refractivity contribution in [1.29, 1.82) is 0 Å². The van der Waals surface area contributed by atoms with Gasteiger partial charge < -0.3 is 14.7 Å². The molecule has 170 valence electrons. The lowest BCUT2D eigenvalue weighted by molar-refractivity contribution is -0.137. The van der Waals surface area contributed by atoms with Crippen LogP contribution in [0.4, 0.5) is 18.9 Å². The SMILES string of the molecule is COc1cc(/C=N/NC(=O)c2ccc3c(c2)CN(c2cccc(C(F)(F)F)c2)C3)ccc1O. The highest BCUT2D eigenvalue weighted by Gasteiger charge is 2.31. The molecule has 0 saturated carbocycles. The van der Waals surface area contributed by atoms with Gasteiger partial charge in [0.2, 0.25) is 0 Å². The summed E-state index contributed by atoms with van der Waals surface area (Å²) in [4.78, 5) is 14.3. The third kappa shape index (κ3) is 4.92. The number of hydrogen-bond acceptors (Lipinski definition) is 5. The van der Waals surface area contributed by atoms with Crippen LogP contribution in [0.3, 0.4) is 0 Å². The summed E-state index contributed by atoms with van der Waals surface area (Å²) < 4.78 is 44.1. The molecule has 0 unspecified atom stereocenters. The summed E-state index contributed by atoms with van der Waals surface area (Å²) in [5.41, 5.74) is 5.05. The fraction of sp³-hybridized carbons (Fsp3) is 0.167. The molecule has 9 heteroatoms. The van der Waals surface area contributed by atoms with Crippen molar-refractivity contribution in [3.8, 4) is 11.5 Å². The van der Waals surface area contributed by atoms with Gasteiger partial charge in [0.15, 0.2) is 11.5 Å². The number of rotatable bonds is 5. The van der Waals surface area contributed by atoms with Crippen molar-refractivity contribution in [2.45, 2.75) is 19.3 Å². The number of hydrogen-bond donors (Lipinski definition) is 2. The van der Waals surface area contributed by atoms with Gasteiger partial charge in [0.05, 0.1) is 18.9 Å². The van der Waals surface area contributed by atoms with Crippen molar-refractivity contribution in [3.63, 3.8) is 0 Å². The zero-order chi connectivity index (χ0) is 23.6. The first kappa shape index (κ1) is 22.2. The number of halogens is 3. The Kier molecular flexibility index (Phi) is 5.95. The summed E-state index contributed by atoms with van der Waals surface area (Å²) >= 11 is 0. The Morgan fingerprint density at radius 1 is 1.09 bits per heavy atom. The van der Waals surface area contributed by atoms with Gasteiger partial charge in [0, 0.05) is 24.3 Å². The molecule has 1 heterocycles. The maximum Gasteiger partial charge on any atom is 0.416 e. The van der Waals surface area contributed by atoms with E-state index in [1.807, 2.05) is 4.90 Å². The zero-order valence-electron chi connectivity index (χ0n) is 17.6. The molecular weight excluding hydrogens is 435 g/mol. The molecule has 0 radical (unpaired) electrons. The lowest BCUT2D eigenvalue weighted by atomic mass is 10.1. The number of phenols is 1. The quantitative estimate of drug-likeness (QED) is 0.432. The first-order valence-electron chi connectivity index (χ1n) is 9.99. The lowest BCUT2D eigenvalue weighted by Gasteiger charge is -2.19. The van der Waals surface area contributed by atoms with Gasteiger partial charge in [-0.05, 0) is 65.2 Å². The van der Waals surface area contributed by atoms with Gasteiger partial charge in [-0.15, -0.1) is 0 Å². The van der Waals surface area contributed by atoms with E-state index >= 15 is 0 Å². The fourth-order valence-corrected chi connectivity index (χ4v) is 3.60. The summed E-state index contributed by atoms with van der Waals surface area (Å²) in [6.45, 7) is 0.855. The first-order valence-corrected chi connectivity index (χ1v) is 9.99. The van der Waals surface area contributed by atoms with Crippen LogP contribution in [0.15, 0.2) is 65.8 Å². The Bertz CT molecular complexity index is 1230. The smallest absolute Gasteiger partial charge is 0.416 e. The van der Waals surface area contributed by atoms with Crippen LogP contribution in [0.5, 0.6) is 11.5 Å². The molecule has 3 aromatic rings. The van der Waals surface area contributed by atoms with Crippen LogP contribution in [-0.4, -0.2) is 24.3 Å². The molecule has 1 aliphatic rings. The summed E-state index contributed by atoms with van der Waals surface area (Å²) in [6.07, 6.45) is -2.98. The molecule has 0 spiro atoms. The highest BCUT2D eigenvalue weighted by atomic mass is 19.4. The van der Waals surface area contributed by atoms with Crippen LogP contribution in [0.2, 0.25) is 0 Å². The molecule has 1 amide bonds. The number of methoxy groups -OCH3 is 1. The molecule has 3 aromatic carbocycles. The van der Waals surface area contributed by atoms with Crippen molar-refractivity contribution in [2.24, 2.45) is 5.10 Å². The average molecular weight is 455 g/mol. The summed E-state index contributed by atoms with van der Waals surface area (Å²) in [5.74, 6) is -0.137. The second kappa shape index (κ2) is 8.85. The Labute approximate surface area is 187 Å². The van der Waals surface area contributed by atoms with Crippen LogP contribution in [0.25, 0.3) is 0 Å². The number of nitrogens with zero attached hydrogens (tertiary/aromatic N) is 2. The van der Waals surface area contributed by atoms with Crippen LogP contribution in [-0.2, 0) is 19.3 Å². The second-order valence-corrected chi connectivity index (χ2v) is 7.52. The van der Waals surface area contributed by atoms with Gasteiger partial charge in [0.25, 0.3) is 5.91 Å². The van der Waals surface area contributed by atoms with E-state index in [0.29, 0.717) is 29.9 Å². The summed E-state index contributed by atoms with van der Waals surface area (Å²) in [5, 5.41) is 13.6. The Hall–Kier alpha value is -4.01. The van der Waals surface area contributed by atoms with Crippen molar-refractivity contribution in [3.05, 3.63) is 88.5 Å². The van der Waals surface area contributed by atoms with Gasteiger partial charge in [-0.3, -0.25) is 4.79 Å². The fourth-order valence-electron chi connectivity index (χ4n) is 3.60. The van der Waals surface area contributed by atoms with Gasteiger partial charge in [0.1, 0.15) is 0 Å². The number of aromatic hydroxyl groups is 1. The Balaban J connectivity index is 1.43. The van der Waals surface area contributed by atoms with E-state index in [4.69, 9.17) is 4.74 Å². The number of nitrogens with one attached hydrogen (secondary N) is 1. The Morgan fingerprint density at radius 3 is 2.64 bits per heavy atom. The minimum absolute atomic E-state index is 0.00370. The lowest BCUT2D eigenvalue weighted by Crippen LogP contribution is -2.18. The first-order chi connectivity index (χ1) is 15.7. The van der Waals surface area contributed by atoms with Crippen molar-refractivity contribution >= 4 is 17.8 Å². The van der Waals surface area contributed by atoms with Crippen LogP contribution >= 0.6 is 0 Å². The van der Waals surface area contributed by atoms with Crippen LogP contribution in [0.1, 0.15) is 32.6 Å². The second-order valence-electron chi connectivity index (χ2n) is 7.52. The van der Waals surface area contributed by atoms with E-state index in [1.54, 1.807) is 36.4 Å². The average Bonchev–Trinajstić information content (AvgIpc) is 3.23. The predicted molar refractivity (Wildman–Crippen MR) is 117 cm³/mol. The highest BCUT2D eigenvalue weighted by molar-refractivity contribution is 5.95. The summed E-state index contributed by atoms with van der Waals surface area (Å²) in [7, 11) is 1.43. The van der Waals surface area contributed by atoms with Crippen LogP contribution in [0, 0.1) is 0 Å². The van der Waals surface area contributed by atoms with Crippen molar-refractivity contribution in [1.82, 2.24) is 5.43 Å². The number of alkyl halides is 3. The third-order valence-corrected chi connectivity index (χ3v) is 5.31. The number of carbonyl (C=O) groups is 1. The number of carbonyl (C=O) groups excluding carboxylic acids is 1. The predicted octanol–water partition coefficient (Wildman–Crippen LogP) is 4.70. The number of benzene rings is 3. The molecule has 6 nitrogen and oxygen atoms in total. The van der Waals surface area contributed by atoms with E-state index in [0.717, 1.165) is 23.3 Å². The van der Waals surface area contributed by atoms with E-state index in [9.17, 15) is 23.1 Å². The van der Waals surface area contributed by atoms with E-state index in [-0.39, 0.29) is 11.5 Å². The van der Waals surface area contributed by atoms with Crippen molar-refractivity contribution in [2.75, 3.05) is 12.0 Å². The molecule has 33 heavy (non-hydrogen) atoms. The molecule has 0 atom stereocenters. The third-order valence-electron chi connectivity index (χ3n) is 5.31. The zero-order valence-corrected chi connectivity index (χ0v) is 17.6. The molecule has 4 rings (SSSR count). The van der Waals surface area contributed by atoms with E-state index in [2.05, 4.69) is 10.5 Å².